The third-order valence-electron chi connectivity index (χ3n) is 5.97. The number of rotatable bonds is 8. The van der Waals surface area contributed by atoms with E-state index in [1.165, 1.54) is 53.4 Å². The molecule has 1 fully saturated rings. The highest BCUT2D eigenvalue weighted by Crippen LogP contribution is 2.27. The summed E-state index contributed by atoms with van der Waals surface area (Å²) in [5, 5.41) is 0. The molecule has 0 saturated carbocycles. The maximum atomic E-state index is 13.4. The molecule has 1 aliphatic rings. The summed E-state index contributed by atoms with van der Waals surface area (Å²) >= 11 is 0. The number of benzene rings is 3. The number of nitrogens with zero attached hydrogens (tertiary/aromatic N) is 2. The normalized spacial score (nSPS) is 15.2. The summed E-state index contributed by atoms with van der Waals surface area (Å²) in [4.78, 5) is 54.1. The Balaban J connectivity index is 1.59. The van der Waals surface area contributed by atoms with Crippen LogP contribution in [0.1, 0.15) is 39.6 Å². The molecule has 1 unspecified atom stereocenters. The Hall–Kier alpha value is -4.33. The lowest BCUT2D eigenvalue weighted by atomic mass is 10.1. The van der Waals surface area contributed by atoms with Crippen molar-refractivity contribution in [2.75, 3.05) is 18.1 Å². The zero-order valence-electron chi connectivity index (χ0n) is 19.7. The third kappa shape index (κ3) is 5.33. The lowest BCUT2D eigenvalue weighted by molar-refractivity contribution is -0.122. The number of hydrogen-bond acceptors (Lipinski definition) is 5. The van der Waals surface area contributed by atoms with Crippen LogP contribution in [-0.2, 0) is 20.7 Å². The lowest BCUT2D eigenvalue weighted by Crippen LogP contribution is -2.46. The van der Waals surface area contributed by atoms with Crippen molar-refractivity contribution < 1.29 is 28.3 Å². The number of carbonyl (C=O) groups excluding carboxylic acids is 4. The van der Waals surface area contributed by atoms with Crippen LogP contribution in [0.4, 0.5) is 10.1 Å². The van der Waals surface area contributed by atoms with Crippen molar-refractivity contribution >= 4 is 29.4 Å². The number of imide groups is 1. The molecule has 3 aromatic rings. The average molecular weight is 489 g/mol. The summed E-state index contributed by atoms with van der Waals surface area (Å²) < 4.78 is 18.4. The fourth-order valence-electron chi connectivity index (χ4n) is 4.14. The van der Waals surface area contributed by atoms with Gasteiger partial charge in [-0.25, -0.2) is 14.1 Å². The van der Waals surface area contributed by atoms with Gasteiger partial charge in [-0.2, -0.15) is 0 Å². The first-order chi connectivity index (χ1) is 17.4. The topological polar surface area (TPSA) is 84.0 Å². The van der Waals surface area contributed by atoms with E-state index < -0.39 is 35.5 Å². The Morgan fingerprint density at radius 2 is 1.58 bits per heavy atom. The van der Waals surface area contributed by atoms with Crippen LogP contribution in [0.2, 0.25) is 0 Å². The number of esters is 1. The molecule has 184 valence electrons. The van der Waals surface area contributed by atoms with E-state index >= 15 is 0 Å². The molecule has 0 radical (unpaired) electrons. The van der Waals surface area contributed by atoms with Gasteiger partial charge in [-0.05, 0) is 67.4 Å². The number of hydrogen-bond donors (Lipinski definition) is 0. The van der Waals surface area contributed by atoms with Gasteiger partial charge in [-0.3, -0.25) is 14.4 Å². The number of anilines is 1. The van der Waals surface area contributed by atoms with Gasteiger partial charge >= 0.3 is 5.97 Å². The standard InChI is InChI=1S/C28H25FN2O5/c1-2-36-28(35)21-10-14-23(15-11-21)31-25(32)18-24(27(31)34)30(17-16-19-6-4-3-5-7-19)26(33)20-8-12-22(29)13-9-20/h3-15,24H,2,16-18H2,1H3. The summed E-state index contributed by atoms with van der Waals surface area (Å²) in [6, 6.07) is 19.5. The number of ether oxygens (including phenoxy) is 1. The molecule has 0 aromatic heterocycles. The summed E-state index contributed by atoms with van der Waals surface area (Å²) in [5.74, 6) is -2.43. The number of amides is 3. The predicted molar refractivity (Wildman–Crippen MR) is 131 cm³/mol. The van der Waals surface area contributed by atoms with E-state index in [9.17, 15) is 23.6 Å². The van der Waals surface area contributed by atoms with Crippen LogP contribution >= 0.6 is 0 Å². The first-order valence-corrected chi connectivity index (χ1v) is 11.6. The van der Waals surface area contributed by atoms with E-state index in [1.54, 1.807) is 6.92 Å². The molecule has 3 amide bonds. The average Bonchev–Trinajstić information content (AvgIpc) is 3.18. The van der Waals surface area contributed by atoms with Crippen LogP contribution in [-0.4, -0.2) is 47.8 Å². The second kappa shape index (κ2) is 10.9. The smallest absolute Gasteiger partial charge is 0.338 e. The van der Waals surface area contributed by atoms with Crippen molar-refractivity contribution in [3.63, 3.8) is 0 Å². The quantitative estimate of drug-likeness (QED) is 0.353. The fraction of sp³-hybridized carbons (Fsp3) is 0.214. The van der Waals surface area contributed by atoms with Crippen molar-refractivity contribution in [2.24, 2.45) is 0 Å². The maximum Gasteiger partial charge on any atom is 0.338 e. The minimum atomic E-state index is -1.01. The van der Waals surface area contributed by atoms with E-state index in [2.05, 4.69) is 0 Å². The first kappa shape index (κ1) is 24.8. The van der Waals surface area contributed by atoms with Crippen LogP contribution in [0.3, 0.4) is 0 Å². The van der Waals surface area contributed by atoms with Crippen molar-refractivity contribution in [1.82, 2.24) is 4.90 Å². The van der Waals surface area contributed by atoms with E-state index in [4.69, 9.17) is 4.74 Å². The van der Waals surface area contributed by atoms with E-state index in [0.29, 0.717) is 17.7 Å². The summed E-state index contributed by atoms with van der Waals surface area (Å²) in [5.41, 5.74) is 1.80. The second-order valence-corrected chi connectivity index (χ2v) is 8.30. The van der Waals surface area contributed by atoms with Crippen LogP contribution in [0.5, 0.6) is 0 Å². The van der Waals surface area contributed by atoms with Gasteiger partial charge in [0, 0.05) is 12.1 Å². The van der Waals surface area contributed by atoms with Crippen molar-refractivity contribution in [3.8, 4) is 0 Å². The summed E-state index contributed by atoms with van der Waals surface area (Å²) in [6.45, 7) is 2.12. The van der Waals surface area contributed by atoms with Gasteiger partial charge in [-0.15, -0.1) is 0 Å². The van der Waals surface area contributed by atoms with Gasteiger partial charge in [-0.1, -0.05) is 30.3 Å². The molecule has 36 heavy (non-hydrogen) atoms. The molecule has 1 aliphatic heterocycles. The summed E-state index contributed by atoms with van der Waals surface area (Å²) in [6.07, 6.45) is 0.292. The van der Waals surface area contributed by atoms with Crippen LogP contribution in [0.25, 0.3) is 0 Å². The second-order valence-electron chi connectivity index (χ2n) is 8.30. The molecule has 0 aliphatic carbocycles. The van der Waals surface area contributed by atoms with E-state index in [1.807, 2.05) is 30.3 Å². The molecular weight excluding hydrogens is 463 g/mol. The SMILES string of the molecule is CCOC(=O)c1ccc(N2C(=O)CC(N(CCc3ccccc3)C(=O)c3ccc(F)cc3)C2=O)cc1. The summed E-state index contributed by atoms with van der Waals surface area (Å²) in [7, 11) is 0. The van der Waals surface area contributed by atoms with Gasteiger partial charge in [0.25, 0.3) is 11.8 Å². The Kier molecular flexibility index (Phi) is 7.53. The van der Waals surface area contributed by atoms with Gasteiger partial charge < -0.3 is 9.64 Å². The molecule has 1 atom stereocenters. The van der Waals surface area contributed by atoms with Gasteiger partial charge in [0.2, 0.25) is 5.91 Å². The molecule has 8 heteroatoms. The van der Waals surface area contributed by atoms with Gasteiger partial charge in [0.05, 0.1) is 24.3 Å². The Morgan fingerprint density at radius 3 is 2.22 bits per heavy atom. The molecule has 0 bridgehead atoms. The maximum absolute atomic E-state index is 13.4. The highest BCUT2D eigenvalue weighted by atomic mass is 19.1. The molecule has 0 N–H and O–H groups in total. The first-order valence-electron chi connectivity index (χ1n) is 11.6. The minimum Gasteiger partial charge on any atom is -0.462 e. The van der Waals surface area contributed by atoms with Crippen molar-refractivity contribution in [3.05, 3.63) is 101 Å². The largest absolute Gasteiger partial charge is 0.462 e. The third-order valence-corrected chi connectivity index (χ3v) is 5.97. The minimum absolute atomic E-state index is 0.180. The Bertz CT molecular complexity index is 1260. The Morgan fingerprint density at radius 1 is 0.944 bits per heavy atom. The zero-order chi connectivity index (χ0) is 25.7. The van der Waals surface area contributed by atoms with Gasteiger partial charge in [0.1, 0.15) is 11.9 Å². The molecule has 1 saturated heterocycles. The van der Waals surface area contributed by atoms with Crippen molar-refractivity contribution in [2.45, 2.75) is 25.8 Å². The van der Waals surface area contributed by atoms with E-state index in [0.717, 1.165) is 10.5 Å². The van der Waals surface area contributed by atoms with Crippen LogP contribution < -0.4 is 4.90 Å². The molecule has 0 spiro atoms. The molecular formula is C28H25FN2O5. The lowest BCUT2D eigenvalue weighted by Gasteiger charge is -2.28. The zero-order valence-corrected chi connectivity index (χ0v) is 19.7. The van der Waals surface area contributed by atoms with Gasteiger partial charge in [0.15, 0.2) is 0 Å². The van der Waals surface area contributed by atoms with E-state index in [-0.39, 0.29) is 25.1 Å². The number of halogens is 1. The molecule has 1 heterocycles. The molecule has 4 rings (SSSR count). The van der Waals surface area contributed by atoms with Crippen LogP contribution in [0, 0.1) is 5.82 Å². The molecule has 3 aromatic carbocycles. The number of carbonyl (C=O) groups is 4. The highest BCUT2D eigenvalue weighted by molar-refractivity contribution is 6.23. The monoisotopic (exact) mass is 488 g/mol. The predicted octanol–water partition coefficient (Wildman–Crippen LogP) is 4.02. The Labute approximate surface area is 208 Å². The van der Waals surface area contributed by atoms with Crippen LogP contribution in [0.15, 0.2) is 78.9 Å². The highest BCUT2D eigenvalue weighted by Gasteiger charge is 2.44. The van der Waals surface area contributed by atoms with Crippen molar-refractivity contribution in [1.29, 1.82) is 0 Å². The fourth-order valence-corrected chi connectivity index (χ4v) is 4.14. The molecule has 7 nitrogen and oxygen atoms in total.